The summed E-state index contributed by atoms with van der Waals surface area (Å²) in [7, 11) is 0. The van der Waals surface area contributed by atoms with Gasteiger partial charge in [0.05, 0.1) is 5.54 Å². The predicted octanol–water partition coefficient (Wildman–Crippen LogP) is 2.22. The molecule has 17 heavy (non-hydrogen) atoms. The van der Waals surface area contributed by atoms with Gasteiger partial charge in [-0.25, -0.2) is 0 Å². The number of rotatable bonds is 5. The molecular formula is C14H26N2O. The average Bonchev–Trinajstić information content (AvgIpc) is 3.00. The third kappa shape index (κ3) is 3.01. The molecule has 0 aromatic carbocycles. The zero-order chi connectivity index (χ0) is 12.1. The van der Waals surface area contributed by atoms with Crippen LogP contribution in [0.4, 0.5) is 0 Å². The fraction of sp³-hybridized carbons (Fsp3) is 0.929. The lowest BCUT2D eigenvalue weighted by molar-refractivity contribution is -0.127. The van der Waals surface area contributed by atoms with Crippen molar-refractivity contribution >= 4 is 5.91 Å². The summed E-state index contributed by atoms with van der Waals surface area (Å²) >= 11 is 0. The number of nitrogens with one attached hydrogen (secondary N) is 2. The van der Waals surface area contributed by atoms with Crippen LogP contribution in [0.2, 0.25) is 0 Å². The van der Waals surface area contributed by atoms with Gasteiger partial charge in [0.1, 0.15) is 0 Å². The van der Waals surface area contributed by atoms with Crippen molar-refractivity contribution in [2.75, 3.05) is 13.1 Å². The molecule has 3 heteroatoms. The van der Waals surface area contributed by atoms with Crippen LogP contribution in [0, 0.1) is 5.92 Å². The van der Waals surface area contributed by atoms with E-state index in [2.05, 4.69) is 17.6 Å². The summed E-state index contributed by atoms with van der Waals surface area (Å²) < 4.78 is 0. The second-order valence-corrected chi connectivity index (χ2v) is 5.66. The molecule has 0 aromatic rings. The van der Waals surface area contributed by atoms with Crippen LogP contribution in [0.1, 0.15) is 58.3 Å². The first-order chi connectivity index (χ1) is 8.27. The van der Waals surface area contributed by atoms with E-state index in [4.69, 9.17) is 0 Å². The maximum absolute atomic E-state index is 12.2. The number of carbonyl (C=O) groups excluding carboxylic acids is 1. The number of hydrogen-bond acceptors (Lipinski definition) is 2. The fourth-order valence-corrected chi connectivity index (χ4v) is 3.32. The Hall–Kier alpha value is -0.570. The SMILES string of the molecule is CCC1(C(=O)NCCC2CCCC2)CCCN1. The molecule has 3 nitrogen and oxygen atoms in total. The smallest absolute Gasteiger partial charge is 0.240 e. The van der Waals surface area contributed by atoms with Crippen molar-refractivity contribution in [1.82, 2.24) is 10.6 Å². The van der Waals surface area contributed by atoms with Gasteiger partial charge >= 0.3 is 0 Å². The highest BCUT2D eigenvalue weighted by molar-refractivity contribution is 5.86. The van der Waals surface area contributed by atoms with Gasteiger partial charge in [-0.3, -0.25) is 4.79 Å². The standard InChI is InChI=1S/C14H26N2O/c1-2-14(9-5-10-16-14)13(17)15-11-8-12-6-3-4-7-12/h12,16H,2-11H2,1H3,(H,15,17). The Labute approximate surface area is 105 Å². The van der Waals surface area contributed by atoms with Crippen molar-refractivity contribution in [3.05, 3.63) is 0 Å². The molecule has 1 saturated carbocycles. The lowest BCUT2D eigenvalue weighted by Gasteiger charge is -2.27. The first kappa shape index (κ1) is 12.9. The third-order valence-corrected chi connectivity index (χ3v) is 4.59. The molecule has 1 saturated heterocycles. The number of carbonyl (C=O) groups is 1. The summed E-state index contributed by atoms with van der Waals surface area (Å²) in [5, 5.41) is 6.53. The summed E-state index contributed by atoms with van der Waals surface area (Å²) in [6.45, 7) is 3.96. The average molecular weight is 238 g/mol. The Morgan fingerprint density at radius 1 is 1.35 bits per heavy atom. The molecule has 0 radical (unpaired) electrons. The van der Waals surface area contributed by atoms with Crippen molar-refractivity contribution in [2.24, 2.45) is 5.92 Å². The number of hydrogen-bond donors (Lipinski definition) is 2. The molecule has 2 aliphatic rings. The highest BCUT2D eigenvalue weighted by Gasteiger charge is 2.38. The molecule has 1 unspecified atom stereocenters. The topological polar surface area (TPSA) is 41.1 Å². The van der Waals surface area contributed by atoms with E-state index in [9.17, 15) is 4.79 Å². The summed E-state index contributed by atoms with van der Waals surface area (Å²) in [5.74, 6) is 1.10. The fourth-order valence-electron chi connectivity index (χ4n) is 3.32. The Balaban J connectivity index is 1.72. The quantitative estimate of drug-likeness (QED) is 0.771. The van der Waals surface area contributed by atoms with Crippen LogP contribution in [0.5, 0.6) is 0 Å². The molecule has 0 aromatic heterocycles. The maximum Gasteiger partial charge on any atom is 0.240 e. The van der Waals surface area contributed by atoms with Crippen LogP contribution in [0.25, 0.3) is 0 Å². The molecule has 1 amide bonds. The molecule has 1 atom stereocenters. The largest absolute Gasteiger partial charge is 0.354 e. The normalized spacial score (nSPS) is 29.7. The van der Waals surface area contributed by atoms with Crippen molar-refractivity contribution in [2.45, 2.75) is 63.8 Å². The molecule has 2 rings (SSSR count). The molecule has 1 aliphatic heterocycles. The molecule has 0 spiro atoms. The van der Waals surface area contributed by atoms with Gasteiger partial charge in [-0.2, -0.15) is 0 Å². The summed E-state index contributed by atoms with van der Waals surface area (Å²) in [6.07, 6.45) is 9.72. The second kappa shape index (κ2) is 5.85. The summed E-state index contributed by atoms with van der Waals surface area (Å²) in [6, 6.07) is 0. The minimum absolute atomic E-state index is 0.232. The van der Waals surface area contributed by atoms with Crippen LogP contribution in [-0.2, 0) is 4.79 Å². The van der Waals surface area contributed by atoms with E-state index >= 15 is 0 Å². The first-order valence-electron chi connectivity index (χ1n) is 7.30. The number of amides is 1. The van der Waals surface area contributed by atoms with Crippen LogP contribution in [0.3, 0.4) is 0 Å². The van der Waals surface area contributed by atoms with Crippen LogP contribution in [-0.4, -0.2) is 24.5 Å². The zero-order valence-corrected chi connectivity index (χ0v) is 11.1. The molecule has 1 aliphatic carbocycles. The molecule has 2 fully saturated rings. The van der Waals surface area contributed by atoms with Gasteiger partial charge in [-0.1, -0.05) is 32.6 Å². The molecule has 2 N–H and O–H groups in total. The zero-order valence-electron chi connectivity index (χ0n) is 11.1. The van der Waals surface area contributed by atoms with Crippen molar-refractivity contribution < 1.29 is 4.79 Å². The van der Waals surface area contributed by atoms with Crippen LogP contribution >= 0.6 is 0 Å². The van der Waals surface area contributed by atoms with Gasteiger partial charge in [0.25, 0.3) is 0 Å². The Bertz CT molecular complexity index is 253. The second-order valence-electron chi connectivity index (χ2n) is 5.66. The monoisotopic (exact) mass is 238 g/mol. The van der Waals surface area contributed by atoms with E-state index in [1.54, 1.807) is 0 Å². The summed E-state index contributed by atoms with van der Waals surface area (Å²) in [4.78, 5) is 12.2. The minimum Gasteiger partial charge on any atom is -0.354 e. The van der Waals surface area contributed by atoms with Gasteiger partial charge in [0.2, 0.25) is 5.91 Å². The van der Waals surface area contributed by atoms with E-state index in [0.717, 1.165) is 38.3 Å². The van der Waals surface area contributed by atoms with E-state index in [1.807, 2.05) is 0 Å². The Morgan fingerprint density at radius 3 is 2.71 bits per heavy atom. The first-order valence-corrected chi connectivity index (χ1v) is 7.30. The van der Waals surface area contributed by atoms with Crippen molar-refractivity contribution in [3.8, 4) is 0 Å². The lowest BCUT2D eigenvalue weighted by Crippen LogP contribution is -2.53. The van der Waals surface area contributed by atoms with Gasteiger partial charge in [0.15, 0.2) is 0 Å². The van der Waals surface area contributed by atoms with Gasteiger partial charge in [0, 0.05) is 6.54 Å². The third-order valence-electron chi connectivity index (χ3n) is 4.59. The summed E-state index contributed by atoms with van der Waals surface area (Å²) in [5.41, 5.74) is -0.254. The maximum atomic E-state index is 12.2. The van der Waals surface area contributed by atoms with Crippen LogP contribution < -0.4 is 10.6 Å². The van der Waals surface area contributed by atoms with Crippen molar-refractivity contribution in [3.63, 3.8) is 0 Å². The Morgan fingerprint density at radius 2 is 2.12 bits per heavy atom. The highest BCUT2D eigenvalue weighted by atomic mass is 16.2. The predicted molar refractivity (Wildman–Crippen MR) is 69.8 cm³/mol. The minimum atomic E-state index is -0.254. The van der Waals surface area contributed by atoms with Crippen LogP contribution in [0.15, 0.2) is 0 Å². The van der Waals surface area contributed by atoms with Gasteiger partial charge in [-0.05, 0) is 38.1 Å². The lowest BCUT2D eigenvalue weighted by atomic mass is 9.93. The van der Waals surface area contributed by atoms with Gasteiger partial charge < -0.3 is 10.6 Å². The molecule has 0 bridgehead atoms. The molecular weight excluding hydrogens is 212 g/mol. The molecule has 1 heterocycles. The molecule has 98 valence electrons. The van der Waals surface area contributed by atoms with E-state index < -0.39 is 0 Å². The van der Waals surface area contributed by atoms with E-state index in [0.29, 0.717) is 0 Å². The van der Waals surface area contributed by atoms with E-state index in [-0.39, 0.29) is 11.4 Å². The van der Waals surface area contributed by atoms with Crippen molar-refractivity contribution in [1.29, 1.82) is 0 Å². The van der Waals surface area contributed by atoms with E-state index in [1.165, 1.54) is 32.1 Å². The highest BCUT2D eigenvalue weighted by Crippen LogP contribution is 2.27. The Kier molecular flexibility index (Phi) is 4.43. The van der Waals surface area contributed by atoms with Gasteiger partial charge in [-0.15, -0.1) is 0 Å².